The second-order valence-corrected chi connectivity index (χ2v) is 7.35. The lowest BCUT2D eigenvalue weighted by Gasteiger charge is -2.15. The summed E-state index contributed by atoms with van der Waals surface area (Å²) in [5, 5.41) is 9.79. The first-order chi connectivity index (χ1) is 14.2. The number of hydrogen-bond donors (Lipinski definition) is 2. The van der Waals surface area contributed by atoms with E-state index in [0.29, 0.717) is 12.3 Å². The van der Waals surface area contributed by atoms with Gasteiger partial charge >= 0.3 is 0 Å². The Labute approximate surface area is 171 Å². The van der Waals surface area contributed by atoms with Gasteiger partial charge in [0.05, 0.1) is 0 Å². The third-order valence-corrected chi connectivity index (χ3v) is 5.42. The number of nitrogens with zero attached hydrogens (tertiary/aromatic N) is 1. The van der Waals surface area contributed by atoms with Crippen molar-refractivity contribution in [3.63, 3.8) is 0 Å². The highest BCUT2D eigenvalue weighted by Crippen LogP contribution is 2.27. The molecule has 29 heavy (non-hydrogen) atoms. The molecule has 2 fully saturated rings. The van der Waals surface area contributed by atoms with Gasteiger partial charge in [-0.1, -0.05) is 36.4 Å². The van der Waals surface area contributed by atoms with Crippen LogP contribution in [0.5, 0.6) is 5.75 Å². The number of hydrogen-bond acceptors (Lipinski definition) is 4. The normalized spacial score (nSPS) is 18.6. The Hall–Kier alpha value is -2.86. The third-order valence-electron chi connectivity index (χ3n) is 5.42. The van der Waals surface area contributed by atoms with E-state index in [1.165, 1.54) is 42.6 Å². The quantitative estimate of drug-likeness (QED) is 0.734. The molecule has 2 aliphatic heterocycles. The van der Waals surface area contributed by atoms with Gasteiger partial charge in [-0.15, -0.1) is 0 Å². The van der Waals surface area contributed by atoms with Crippen molar-refractivity contribution in [1.82, 2.24) is 10.2 Å². The van der Waals surface area contributed by atoms with Crippen LogP contribution in [0.2, 0.25) is 0 Å². The predicted octanol–water partition coefficient (Wildman–Crippen LogP) is 3.13. The van der Waals surface area contributed by atoms with E-state index in [0.717, 1.165) is 25.4 Å². The number of benzene rings is 2. The minimum Gasteiger partial charge on any atom is -0.492 e. The Morgan fingerprint density at radius 3 is 2.17 bits per heavy atom. The first-order valence-corrected chi connectivity index (χ1v) is 10.1. The zero-order valence-electron chi connectivity index (χ0n) is 16.5. The Bertz CT molecular complexity index is 784. The third kappa shape index (κ3) is 6.06. The summed E-state index contributed by atoms with van der Waals surface area (Å²) >= 11 is 0. The highest BCUT2D eigenvalue weighted by atomic mass is 16.5. The van der Waals surface area contributed by atoms with Gasteiger partial charge in [-0.25, -0.2) is 0 Å². The van der Waals surface area contributed by atoms with Crippen molar-refractivity contribution >= 4 is 12.4 Å². The summed E-state index contributed by atoms with van der Waals surface area (Å²) < 4.78 is 5.87. The average Bonchev–Trinajstić information content (AvgIpc) is 3.41. The molecule has 0 radical (unpaired) electrons. The second kappa shape index (κ2) is 10.6. The van der Waals surface area contributed by atoms with E-state index in [-0.39, 0.29) is 12.4 Å². The summed E-state index contributed by atoms with van der Waals surface area (Å²) in [6.45, 7) is 4.69. The van der Waals surface area contributed by atoms with Crippen molar-refractivity contribution in [1.29, 1.82) is 0 Å². The van der Waals surface area contributed by atoms with Crippen molar-refractivity contribution in [3.8, 4) is 16.9 Å². The summed E-state index contributed by atoms with van der Waals surface area (Å²) in [7, 11) is 0. The molecule has 6 heteroatoms. The van der Waals surface area contributed by atoms with Crippen LogP contribution in [0.25, 0.3) is 11.1 Å². The van der Waals surface area contributed by atoms with Gasteiger partial charge in [0, 0.05) is 25.4 Å². The van der Waals surface area contributed by atoms with Crippen molar-refractivity contribution in [2.45, 2.75) is 25.2 Å². The monoisotopic (exact) mass is 396 g/mol. The molecule has 0 aromatic heterocycles. The molecular formula is C23H28N2O4. The van der Waals surface area contributed by atoms with E-state index in [1.807, 2.05) is 12.1 Å². The SMILES string of the molecule is O=C1CC(c2ccc(-c3ccc(OCCN4CCCC4)cc3)cc2)CN1.O=CO. The molecule has 1 unspecified atom stereocenters. The predicted molar refractivity (Wildman–Crippen MR) is 112 cm³/mol. The summed E-state index contributed by atoms with van der Waals surface area (Å²) in [6.07, 6.45) is 3.24. The fraction of sp³-hybridized carbons (Fsp3) is 0.391. The van der Waals surface area contributed by atoms with Crippen LogP contribution < -0.4 is 10.1 Å². The molecule has 0 saturated carbocycles. The van der Waals surface area contributed by atoms with Crippen LogP contribution in [0.3, 0.4) is 0 Å². The van der Waals surface area contributed by atoms with E-state index in [2.05, 4.69) is 46.6 Å². The van der Waals surface area contributed by atoms with Crippen molar-refractivity contribution in [2.24, 2.45) is 0 Å². The zero-order chi connectivity index (χ0) is 20.5. The highest BCUT2D eigenvalue weighted by Gasteiger charge is 2.22. The van der Waals surface area contributed by atoms with Gasteiger partial charge in [-0.2, -0.15) is 0 Å². The van der Waals surface area contributed by atoms with Crippen molar-refractivity contribution in [3.05, 3.63) is 54.1 Å². The molecule has 1 amide bonds. The summed E-state index contributed by atoms with van der Waals surface area (Å²) in [4.78, 5) is 22.2. The molecule has 2 aliphatic rings. The lowest BCUT2D eigenvalue weighted by Crippen LogP contribution is -2.25. The molecular weight excluding hydrogens is 368 g/mol. The van der Waals surface area contributed by atoms with Gasteiger partial charge in [0.25, 0.3) is 6.47 Å². The first kappa shape index (κ1) is 20.9. The van der Waals surface area contributed by atoms with Gasteiger partial charge < -0.3 is 15.2 Å². The van der Waals surface area contributed by atoms with Crippen LogP contribution in [-0.2, 0) is 9.59 Å². The molecule has 2 N–H and O–H groups in total. The van der Waals surface area contributed by atoms with Gasteiger partial charge in [0.1, 0.15) is 12.4 Å². The lowest BCUT2D eigenvalue weighted by atomic mass is 9.95. The molecule has 0 bridgehead atoms. The molecule has 0 spiro atoms. The number of likely N-dealkylation sites (tertiary alicyclic amines) is 1. The van der Waals surface area contributed by atoms with E-state index in [4.69, 9.17) is 14.6 Å². The molecule has 2 saturated heterocycles. The Morgan fingerprint density at radius 2 is 1.62 bits per heavy atom. The lowest BCUT2D eigenvalue weighted by molar-refractivity contribution is -0.123. The maximum Gasteiger partial charge on any atom is 0.290 e. The maximum absolute atomic E-state index is 11.4. The molecule has 2 heterocycles. The fourth-order valence-corrected chi connectivity index (χ4v) is 3.83. The van der Waals surface area contributed by atoms with Crippen LogP contribution in [-0.4, -0.2) is 55.2 Å². The van der Waals surface area contributed by atoms with Crippen LogP contribution in [0.1, 0.15) is 30.7 Å². The molecule has 4 rings (SSSR count). The molecule has 2 aromatic rings. The molecule has 154 valence electrons. The minimum absolute atomic E-state index is 0.152. The van der Waals surface area contributed by atoms with Crippen LogP contribution in [0.15, 0.2) is 48.5 Å². The zero-order valence-corrected chi connectivity index (χ0v) is 16.5. The number of amides is 1. The number of carbonyl (C=O) groups excluding carboxylic acids is 1. The number of ether oxygens (including phenoxy) is 1. The summed E-state index contributed by atoms with van der Waals surface area (Å²) in [6, 6.07) is 16.9. The van der Waals surface area contributed by atoms with Crippen molar-refractivity contribution < 1.29 is 19.4 Å². The Morgan fingerprint density at radius 1 is 1.03 bits per heavy atom. The Balaban J connectivity index is 0.000000755. The van der Waals surface area contributed by atoms with Gasteiger partial charge in [0.15, 0.2) is 0 Å². The standard InChI is InChI=1S/C22H26N2O2.CH2O2/c25-22-15-20(16-23-22)19-5-3-17(4-6-19)18-7-9-21(10-8-18)26-14-13-24-11-1-2-12-24;2-1-3/h3-10,20H,1-2,11-16H2,(H,23,25);1H,(H,2,3). The number of carbonyl (C=O) groups is 2. The highest BCUT2D eigenvalue weighted by molar-refractivity contribution is 5.79. The topological polar surface area (TPSA) is 78.9 Å². The van der Waals surface area contributed by atoms with Gasteiger partial charge in [-0.05, 0) is 54.8 Å². The summed E-state index contributed by atoms with van der Waals surface area (Å²) in [5.41, 5.74) is 3.60. The molecule has 1 atom stereocenters. The number of nitrogens with one attached hydrogen (secondary N) is 1. The smallest absolute Gasteiger partial charge is 0.290 e. The van der Waals surface area contributed by atoms with Crippen LogP contribution in [0.4, 0.5) is 0 Å². The van der Waals surface area contributed by atoms with E-state index >= 15 is 0 Å². The van der Waals surface area contributed by atoms with E-state index in [1.54, 1.807) is 0 Å². The largest absolute Gasteiger partial charge is 0.492 e. The van der Waals surface area contributed by atoms with Crippen LogP contribution >= 0.6 is 0 Å². The molecule has 2 aromatic carbocycles. The van der Waals surface area contributed by atoms with E-state index < -0.39 is 0 Å². The van der Waals surface area contributed by atoms with Crippen molar-refractivity contribution in [2.75, 3.05) is 32.8 Å². The maximum atomic E-state index is 11.4. The Kier molecular flexibility index (Phi) is 7.64. The molecule has 0 aliphatic carbocycles. The summed E-state index contributed by atoms with van der Waals surface area (Å²) in [5.74, 6) is 1.39. The number of rotatable bonds is 6. The second-order valence-electron chi connectivity index (χ2n) is 7.35. The average molecular weight is 396 g/mol. The van der Waals surface area contributed by atoms with Crippen LogP contribution in [0, 0.1) is 0 Å². The fourth-order valence-electron chi connectivity index (χ4n) is 3.83. The molecule has 6 nitrogen and oxygen atoms in total. The van der Waals surface area contributed by atoms with E-state index in [9.17, 15) is 4.79 Å². The first-order valence-electron chi connectivity index (χ1n) is 10.1. The number of carboxylic acid groups (broad SMARTS) is 1. The minimum atomic E-state index is -0.250. The van der Waals surface area contributed by atoms with Gasteiger partial charge in [-0.3, -0.25) is 14.5 Å². The van der Waals surface area contributed by atoms with Gasteiger partial charge in [0.2, 0.25) is 5.91 Å².